The van der Waals surface area contributed by atoms with Crippen LogP contribution in [0.4, 0.5) is 5.82 Å². The van der Waals surface area contributed by atoms with E-state index in [1.807, 2.05) is 35.2 Å². The molecule has 1 aliphatic rings. The number of carbonyl (C=O) groups is 1. The largest absolute Gasteiger partial charge is 0.353 e. The molecule has 0 spiro atoms. The highest BCUT2D eigenvalue weighted by Crippen LogP contribution is 2.27. The van der Waals surface area contributed by atoms with E-state index in [1.165, 1.54) is 16.7 Å². The van der Waals surface area contributed by atoms with Gasteiger partial charge in [0.05, 0.1) is 0 Å². The first-order valence-corrected chi connectivity index (χ1v) is 11.6. The summed E-state index contributed by atoms with van der Waals surface area (Å²) in [5, 5.41) is 0. The van der Waals surface area contributed by atoms with E-state index < -0.39 is 0 Å². The zero-order valence-corrected chi connectivity index (χ0v) is 19.6. The number of benzene rings is 2. The molecule has 5 heteroatoms. The van der Waals surface area contributed by atoms with Gasteiger partial charge in [0.1, 0.15) is 5.82 Å². The van der Waals surface area contributed by atoms with Crippen molar-refractivity contribution >= 4 is 11.7 Å². The Labute approximate surface area is 191 Å². The molecule has 1 fully saturated rings. The molecule has 166 valence electrons. The first-order chi connectivity index (χ1) is 15.5. The topological polar surface area (TPSA) is 49.3 Å². The van der Waals surface area contributed by atoms with Crippen LogP contribution in [-0.2, 0) is 12.8 Å². The average molecular weight is 429 g/mol. The lowest BCUT2D eigenvalue weighted by atomic mass is 10.1. The van der Waals surface area contributed by atoms with Crippen molar-refractivity contribution in [1.82, 2.24) is 14.9 Å². The molecule has 1 saturated heterocycles. The van der Waals surface area contributed by atoms with Crippen molar-refractivity contribution < 1.29 is 4.79 Å². The fraction of sp³-hybridized carbons (Fsp3) is 0.370. The molecule has 0 saturated carbocycles. The van der Waals surface area contributed by atoms with Crippen LogP contribution in [0.5, 0.6) is 0 Å². The smallest absolute Gasteiger partial charge is 0.253 e. The van der Waals surface area contributed by atoms with Gasteiger partial charge in [0, 0.05) is 48.6 Å². The number of rotatable bonds is 5. The van der Waals surface area contributed by atoms with Gasteiger partial charge in [-0.05, 0) is 50.5 Å². The van der Waals surface area contributed by atoms with Crippen LogP contribution in [0.3, 0.4) is 0 Å². The van der Waals surface area contributed by atoms with Gasteiger partial charge >= 0.3 is 0 Å². The van der Waals surface area contributed by atoms with Crippen molar-refractivity contribution in [3.05, 3.63) is 76.5 Å². The predicted octanol–water partition coefficient (Wildman–Crippen LogP) is 4.85. The molecule has 1 amide bonds. The second-order valence-electron chi connectivity index (χ2n) is 8.49. The van der Waals surface area contributed by atoms with E-state index in [-0.39, 0.29) is 5.91 Å². The summed E-state index contributed by atoms with van der Waals surface area (Å²) in [7, 11) is 0. The minimum Gasteiger partial charge on any atom is -0.353 e. The molecule has 2 aromatic carbocycles. The number of anilines is 1. The predicted molar refractivity (Wildman–Crippen MR) is 130 cm³/mol. The number of amides is 1. The third-order valence-corrected chi connectivity index (χ3v) is 6.30. The van der Waals surface area contributed by atoms with Crippen LogP contribution in [0, 0.1) is 13.8 Å². The maximum atomic E-state index is 13.0. The van der Waals surface area contributed by atoms with Crippen molar-refractivity contribution in [1.29, 1.82) is 0 Å². The fourth-order valence-corrected chi connectivity index (χ4v) is 4.36. The number of hydrogen-bond donors (Lipinski definition) is 0. The number of hydrogen-bond acceptors (Lipinski definition) is 4. The van der Waals surface area contributed by atoms with Gasteiger partial charge < -0.3 is 9.80 Å². The van der Waals surface area contributed by atoms with E-state index in [1.54, 1.807) is 0 Å². The summed E-state index contributed by atoms with van der Waals surface area (Å²) in [5.41, 5.74) is 6.48. The molecule has 2 heterocycles. The summed E-state index contributed by atoms with van der Waals surface area (Å²) >= 11 is 0. The van der Waals surface area contributed by atoms with Crippen LogP contribution in [-0.4, -0.2) is 47.0 Å². The van der Waals surface area contributed by atoms with Gasteiger partial charge in [-0.25, -0.2) is 9.97 Å². The summed E-state index contributed by atoms with van der Waals surface area (Å²) < 4.78 is 0. The Morgan fingerprint density at radius 2 is 1.62 bits per heavy atom. The maximum absolute atomic E-state index is 13.0. The summed E-state index contributed by atoms with van der Waals surface area (Å²) in [5.74, 6) is 1.89. The molecule has 0 atom stereocenters. The minimum atomic E-state index is 0.113. The van der Waals surface area contributed by atoms with E-state index in [0.717, 1.165) is 54.4 Å². The minimum absolute atomic E-state index is 0.113. The number of aromatic nitrogens is 2. The van der Waals surface area contributed by atoms with Gasteiger partial charge in [0.15, 0.2) is 5.82 Å². The SMILES string of the molecule is CCc1ccc(C(=O)N2CCN(c3nc(-c4cccc(C)c4)nc(C)c3CC)CC2)cc1. The summed E-state index contributed by atoms with van der Waals surface area (Å²) in [6.45, 7) is 11.4. The molecule has 0 bridgehead atoms. The van der Waals surface area contributed by atoms with E-state index >= 15 is 0 Å². The highest BCUT2D eigenvalue weighted by Gasteiger charge is 2.25. The van der Waals surface area contributed by atoms with Gasteiger partial charge in [0.25, 0.3) is 5.91 Å². The molecular formula is C27H32N4O. The summed E-state index contributed by atoms with van der Waals surface area (Å²) in [6.07, 6.45) is 1.87. The van der Waals surface area contributed by atoms with Gasteiger partial charge in [-0.15, -0.1) is 0 Å². The van der Waals surface area contributed by atoms with Crippen LogP contribution in [0.15, 0.2) is 48.5 Å². The molecule has 1 aromatic heterocycles. The van der Waals surface area contributed by atoms with E-state index in [2.05, 4.69) is 50.8 Å². The maximum Gasteiger partial charge on any atom is 0.253 e. The summed E-state index contributed by atoms with van der Waals surface area (Å²) in [4.78, 5) is 27.0. The second kappa shape index (κ2) is 9.51. The van der Waals surface area contributed by atoms with Crippen LogP contribution in [0.25, 0.3) is 11.4 Å². The molecule has 3 aromatic rings. The van der Waals surface area contributed by atoms with Crippen molar-refractivity contribution in [2.45, 2.75) is 40.5 Å². The van der Waals surface area contributed by atoms with Crippen LogP contribution < -0.4 is 4.90 Å². The molecule has 4 rings (SSSR count). The van der Waals surface area contributed by atoms with E-state index in [4.69, 9.17) is 9.97 Å². The van der Waals surface area contributed by atoms with Gasteiger partial charge in [-0.3, -0.25) is 4.79 Å². The Hall–Kier alpha value is -3.21. The van der Waals surface area contributed by atoms with Crippen molar-refractivity contribution in [3.8, 4) is 11.4 Å². The Morgan fingerprint density at radius 1 is 0.906 bits per heavy atom. The zero-order valence-electron chi connectivity index (χ0n) is 19.6. The van der Waals surface area contributed by atoms with Crippen molar-refractivity contribution in [2.24, 2.45) is 0 Å². The molecule has 5 nitrogen and oxygen atoms in total. The first kappa shape index (κ1) is 22.0. The monoisotopic (exact) mass is 428 g/mol. The van der Waals surface area contributed by atoms with Crippen LogP contribution in [0.2, 0.25) is 0 Å². The van der Waals surface area contributed by atoms with Gasteiger partial charge in [-0.1, -0.05) is 49.7 Å². The Balaban J connectivity index is 1.54. The lowest BCUT2D eigenvalue weighted by molar-refractivity contribution is 0.0746. The van der Waals surface area contributed by atoms with Crippen LogP contribution in [0.1, 0.15) is 46.6 Å². The highest BCUT2D eigenvalue weighted by molar-refractivity contribution is 5.94. The third-order valence-electron chi connectivity index (χ3n) is 6.30. The summed E-state index contributed by atoms with van der Waals surface area (Å²) in [6, 6.07) is 16.3. The van der Waals surface area contributed by atoms with Crippen LogP contribution >= 0.6 is 0 Å². The normalized spacial score (nSPS) is 14.0. The standard InChI is InChI=1S/C27H32N4O/c1-5-21-10-12-22(13-11-21)27(32)31-16-14-30(15-17-31)26-24(6-2)20(4)28-25(29-26)23-9-7-8-19(3)18-23/h7-13,18H,5-6,14-17H2,1-4H3. The Kier molecular flexibility index (Phi) is 6.54. The molecule has 32 heavy (non-hydrogen) atoms. The Morgan fingerprint density at radius 3 is 2.25 bits per heavy atom. The third kappa shape index (κ3) is 4.52. The van der Waals surface area contributed by atoms with E-state index in [9.17, 15) is 4.79 Å². The quantitative estimate of drug-likeness (QED) is 0.583. The zero-order chi connectivity index (χ0) is 22.7. The second-order valence-corrected chi connectivity index (χ2v) is 8.49. The number of carbonyl (C=O) groups excluding carboxylic acids is 1. The van der Waals surface area contributed by atoms with Crippen molar-refractivity contribution in [2.75, 3.05) is 31.1 Å². The molecule has 0 aliphatic carbocycles. The Bertz CT molecular complexity index is 1100. The van der Waals surface area contributed by atoms with Crippen molar-refractivity contribution in [3.63, 3.8) is 0 Å². The highest BCUT2D eigenvalue weighted by atomic mass is 16.2. The van der Waals surface area contributed by atoms with E-state index in [0.29, 0.717) is 13.1 Å². The lowest BCUT2D eigenvalue weighted by Crippen LogP contribution is -2.49. The number of nitrogens with zero attached hydrogens (tertiary/aromatic N) is 4. The van der Waals surface area contributed by atoms with Gasteiger partial charge in [0.2, 0.25) is 0 Å². The number of aryl methyl sites for hydroxylation is 3. The van der Waals surface area contributed by atoms with Gasteiger partial charge in [-0.2, -0.15) is 0 Å². The molecule has 0 unspecified atom stereocenters. The average Bonchev–Trinajstić information content (AvgIpc) is 2.83. The molecule has 1 aliphatic heterocycles. The number of piperazine rings is 1. The lowest BCUT2D eigenvalue weighted by Gasteiger charge is -2.36. The molecular weight excluding hydrogens is 396 g/mol. The molecule has 0 N–H and O–H groups in total. The fourth-order valence-electron chi connectivity index (χ4n) is 4.36. The first-order valence-electron chi connectivity index (χ1n) is 11.6. The molecule has 0 radical (unpaired) electrons.